The molecule has 0 spiro atoms. The molecule has 1 aromatic heterocycles. The molecule has 2 aromatic carbocycles. The van der Waals surface area contributed by atoms with Gasteiger partial charge in [0.1, 0.15) is 0 Å². The summed E-state index contributed by atoms with van der Waals surface area (Å²) in [6, 6.07) is 24.2. The number of nitrogens with one attached hydrogen (secondary N) is 2. The van der Waals surface area contributed by atoms with E-state index in [9.17, 15) is 4.79 Å². The topological polar surface area (TPSA) is 44.4 Å². The molecule has 28 heavy (non-hydrogen) atoms. The fourth-order valence-corrected chi connectivity index (χ4v) is 3.64. The molecule has 0 fully saturated rings. The SMILES string of the molecule is O=C(CNC(=S)N(Cc1ccccc1)Cc1cccs1)NCc1ccccc1. The van der Waals surface area contributed by atoms with E-state index in [0.717, 1.165) is 5.56 Å². The van der Waals surface area contributed by atoms with Gasteiger partial charge in [0.15, 0.2) is 5.11 Å². The van der Waals surface area contributed by atoms with Crippen molar-refractivity contribution in [1.82, 2.24) is 15.5 Å². The summed E-state index contributed by atoms with van der Waals surface area (Å²) in [6.45, 7) is 2.07. The number of benzene rings is 2. The molecule has 3 rings (SSSR count). The summed E-state index contributed by atoms with van der Waals surface area (Å²) in [4.78, 5) is 15.5. The molecule has 6 heteroatoms. The maximum Gasteiger partial charge on any atom is 0.239 e. The monoisotopic (exact) mass is 409 g/mol. The summed E-state index contributed by atoms with van der Waals surface area (Å²) >= 11 is 7.28. The highest BCUT2D eigenvalue weighted by atomic mass is 32.1. The van der Waals surface area contributed by atoms with Gasteiger partial charge in [-0.3, -0.25) is 4.79 Å². The van der Waals surface area contributed by atoms with Crippen LogP contribution in [0.25, 0.3) is 0 Å². The highest BCUT2D eigenvalue weighted by Crippen LogP contribution is 2.14. The molecular weight excluding hydrogens is 386 g/mol. The molecule has 3 aromatic rings. The third kappa shape index (κ3) is 6.48. The van der Waals surface area contributed by atoms with Crippen molar-refractivity contribution < 1.29 is 4.79 Å². The van der Waals surface area contributed by atoms with E-state index in [0.29, 0.717) is 24.7 Å². The Bertz CT molecular complexity index is 867. The Labute approximate surface area is 175 Å². The largest absolute Gasteiger partial charge is 0.353 e. The van der Waals surface area contributed by atoms with E-state index in [-0.39, 0.29) is 12.5 Å². The number of hydrogen-bond donors (Lipinski definition) is 2. The number of carbonyl (C=O) groups excluding carboxylic acids is 1. The van der Waals surface area contributed by atoms with Crippen LogP contribution in [0.1, 0.15) is 16.0 Å². The fourth-order valence-electron chi connectivity index (χ4n) is 2.72. The summed E-state index contributed by atoms with van der Waals surface area (Å²) in [5.41, 5.74) is 2.25. The summed E-state index contributed by atoms with van der Waals surface area (Å²) in [7, 11) is 0. The lowest BCUT2D eigenvalue weighted by Crippen LogP contribution is -2.43. The van der Waals surface area contributed by atoms with Gasteiger partial charge in [0, 0.05) is 18.0 Å². The van der Waals surface area contributed by atoms with Gasteiger partial charge >= 0.3 is 0 Å². The number of rotatable bonds is 8. The number of thiophene rings is 1. The van der Waals surface area contributed by atoms with Crippen LogP contribution in [0.4, 0.5) is 0 Å². The minimum Gasteiger partial charge on any atom is -0.353 e. The lowest BCUT2D eigenvalue weighted by Gasteiger charge is -2.25. The van der Waals surface area contributed by atoms with Gasteiger partial charge in [0.05, 0.1) is 13.1 Å². The molecule has 1 heterocycles. The second-order valence-electron chi connectivity index (χ2n) is 6.34. The lowest BCUT2D eigenvalue weighted by atomic mass is 10.2. The van der Waals surface area contributed by atoms with Crippen LogP contribution in [-0.2, 0) is 24.4 Å². The first-order chi connectivity index (χ1) is 13.7. The van der Waals surface area contributed by atoms with Gasteiger partial charge in [0.25, 0.3) is 0 Å². The smallest absolute Gasteiger partial charge is 0.239 e. The minimum atomic E-state index is -0.0815. The molecule has 4 nitrogen and oxygen atoms in total. The second-order valence-corrected chi connectivity index (χ2v) is 7.76. The van der Waals surface area contributed by atoms with Gasteiger partial charge in [-0.25, -0.2) is 0 Å². The van der Waals surface area contributed by atoms with Gasteiger partial charge in [0.2, 0.25) is 5.91 Å². The van der Waals surface area contributed by atoms with Crippen molar-refractivity contribution in [2.24, 2.45) is 0 Å². The van der Waals surface area contributed by atoms with Crippen molar-refractivity contribution in [1.29, 1.82) is 0 Å². The summed E-state index contributed by atoms with van der Waals surface area (Å²) in [6.07, 6.45) is 0. The fraction of sp³-hybridized carbons (Fsp3) is 0.182. The Hall–Kier alpha value is -2.70. The van der Waals surface area contributed by atoms with Gasteiger partial charge < -0.3 is 15.5 Å². The van der Waals surface area contributed by atoms with Crippen LogP contribution < -0.4 is 10.6 Å². The number of amides is 1. The van der Waals surface area contributed by atoms with Crippen LogP contribution in [-0.4, -0.2) is 22.5 Å². The second kappa shape index (κ2) is 10.6. The van der Waals surface area contributed by atoms with Crippen molar-refractivity contribution in [2.45, 2.75) is 19.6 Å². The molecular formula is C22H23N3OS2. The first-order valence-electron chi connectivity index (χ1n) is 9.10. The number of carbonyl (C=O) groups is 1. The molecule has 0 aliphatic rings. The van der Waals surface area contributed by atoms with Crippen LogP contribution in [0.3, 0.4) is 0 Å². The van der Waals surface area contributed by atoms with E-state index >= 15 is 0 Å². The summed E-state index contributed by atoms with van der Waals surface area (Å²) in [5, 5.41) is 8.65. The highest BCUT2D eigenvalue weighted by Gasteiger charge is 2.13. The average molecular weight is 410 g/mol. The molecule has 0 aliphatic carbocycles. The van der Waals surface area contributed by atoms with Crippen molar-refractivity contribution in [2.75, 3.05) is 6.54 Å². The molecule has 0 bridgehead atoms. The Morgan fingerprint density at radius 2 is 1.54 bits per heavy atom. The van der Waals surface area contributed by atoms with Gasteiger partial charge in [-0.15, -0.1) is 11.3 Å². The Kier molecular flexibility index (Phi) is 7.58. The first kappa shape index (κ1) is 20.0. The van der Waals surface area contributed by atoms with Gasteiger partial charge in [-0.2, -0.15) is 0 Å². The molecule has 0 aliphatic heterocycles. The van der Waals surface area contributed by atoms with E-state index in [4.69, 9.17) is 12.2 Å². The van der Waals surface area contributed by atoms with Gasteiger partial charge in [-0.1, -0.05) is 66.7 Å². The lowest BCUT2D eigenvalue weighted by molar-refractivity contribution is -0.120. The maximum atomic E-state index is 12.2. The van der Waals surface area contributed by atoms with Crippen molar-refractivity contribution in [3.05, 3.63) is 94.2 Å². The third-order valence-corrected chi connectivity index (χ3v) is 5.43. The molecule has 0 saturated heterocycles. The van der Waals surface area contributed by atoms with Crippen LogP contribution in [0.2, 0.25) is 0 Å². The van der Waals surface area contributed by atoms with Crippen molar-refractivity contribution in [3.63, 3.8) is 0 Å². The van der Waals surface area contributed by atoms with E-state index in [1.165, 1.54) is 10.4 Å². The zero-order chi connectivity index (χ0) is 19.6. The zero-order valence-electron chi connectivity index (χ0n) is 15.5. The summed E-state index contributed by atoms with van der Waals surface area (Å²) in [5.74, 6) is -0.0815. The van der Waals surface area contributed by atoms with E-state index < -0.39 is 0 Å². The van der Waals surface area contributed by atoms with Crippen LogP contribution in [0.5, 0.6) is 0 Å². The predicted octanol–water partition coefficient (Wildman–Crippen LogP) is 3.94. The normalized spacial score (nSPS) is 10.3. The molecule has 0 unspecified atom stereocenters. The average Bonchev–Trinajstić information content (AvgIpc) is 3.25. The molecule has 0 radical (unpaired) electrons. The number of thiocarbonyl (C=S) groups is 1. The standard InChI is InChI=1S/C22H23N3OS2/c26-21(23-14-18-8-3-1-4-9-18)15-24-22(27)25(17-20-12-7-13-28-20)16-19-10-5-2-6-11-19/h1-13H,14-17H2,(H,23,26)(H,24,27). The zero-order valence-corrected chi connectivity index (χ0v) is 17.1. The molecule has 0 saturated carbocycles. The van der Waals surface area contributed by atoms with Crippen molar-refractivity contribution in [3.8, 4) is 0 Å². The van der Waals surface area contributed by atoms with Crippen LogP contribution in [0, 0.1) is 0 Å². The molecule has 144 valence electrons. The minimum absolute atomic E-state index is 0.0815. The third-order valence-electron chi connectivity index (χ3n) is 4.16. The molecule has 1 amide bonds. The summed E-state index contributed by atoms with van der Waals surface area (Å²) < 4.78 is 0. The van der Waals surface area contributed by atoms with E-state index in [1.54, 1.807) is 11.3 Å². The number of nitrogens with zero attached hydrogens (tertiary/aromatic N) is 1. The quantitative estimate of drug-likeness (QED) is 0.553. The number of hydrogen-bond acceptors (Lipinski definition) is 3. The first-order valence-corrected chi connectivity index (χ1v) is 10.4. The Morgan fingerprint density at radius 1 is 0.857 bits per heavy atom. The predicted molar refractivity (Wildman–Crippen MR) is 119 cm³/mol. The van der Waals surface area contributed by atoms with Crippen molar-refractivity contribution >= 4 is 34.6 Å². The maximum absolute atomic E-state index is 12.2. The van der Waals surface area contributed by atoms with Crippen LogP contribution >= 0.6 is 23.6 Å². The van der Waals surface area contributed by atoms with E-state index in [2.05, 4.69) is 39.1 Å². The molecule has 0 atom stereocenters. The Balaban J connectivity index is 1.53. The Morgan fingerprint density at radius 3 is 2.18 bits per heavy atom. The van der Waals surface area contributed by atoms with Gasteiger partial charge in [-0.05, 0) is 34.8 Å². The highest BCUT2D eigenvalue weighted by molar-refractivity contribution is 7.80. The van der Waals surface area contributed by atoms with Crippen LogP contribution in [0.15, 0.2) is 78.2 Å². The molecule has 2 N–H and O–H groups in total. The van der Waals surface area contributed by atoms with E-state index in [1.807, 2.05) is 54.6 Å².